The summed E-state index contributed by atoms with van der Waals surface area (Å²) in [6.45, 7) is 1.75. The molecule has 0 saturated heterocycles. The Morgan fingerprint density at radius 3 is 2.86 bits per heavy atom. The zero-order chi connectivity index (χ0) is 20.5. The molecule has 0 fully saturated rings. The predicted molar refractivity (Wildman–Crippen MR) is 116 cm³/mol. The number of rotatable bonds is 4. The van der Waals surface area contributed by atoms with Crippen molar-refractivity contribution in [2.45, 2.75) is 13.0 Å². The highest BCUT2D eigenvalue weighted by Gasteiger charge is 2.22. The third-order valence-corrected chi connectivity index (χ3v) is 5.96. The number of hydrogen-bond donors (Lipinski definition) is 3. The summed E-state index contributed by atoms with van der Waals surface area (Å²) in [4.78, 5) is 24.9. The predicted octanol–water partition coefficient (Wildman–Crippen LogP) is 4.53. The normalized spacial score (nSPS) is 13.8. The van der Waals surface area contributed by atoms with Gasteiger partial charge in [-0.25, -0.2) is 9.97 Å². The number of carbonyl (C=O) groups excluding carboxylic acids is 1. The van der Waals surface area contributed by atoms with Gasteiger partial charge in [0.25, 0.3) is 5.91 Å². The van der Waals surface area contributed by atoms with Crippen molar-refractivity contribution in [3.05, 3.63) is 56.6 Å². The zero-order valence-electron chi connectivity index (χ0n) is 15.4. The molecule has 4 rings (SSSR count). The first kappa shape index (κ1) is 19.9. The third-order valence-electron chi connectivity index (χ3n) is 4.45. The molecule has 0 radical (unpaired) electrons. The lowest BCUT2D eigenvalue weighted by Gasteiger charge is -2.20. The van der Waals surface area contributed by atoms with Crippen LogP contribution in [0.2, 0.25) is 10.0 Å². The molecule has 1 aromatic carbocycles. The monoisotopic (exact) mass is 449 g/mol. The summed E-state index contributed by atoms with van der Waals surface area (Å²) >= 11 is 13.4. The number of anilines is 3. The van der Waals surface area contributed by atoms with Gasteiger partial charge in [-0.15, -0.1) is 11.3 Å². The second kappa shape index (κ2) is 8.16. The number of nitrogens with zero attached hydrogens (tertiary/aromatic N) is 3. The number of fused-ring (bicyclic) bond motifs is 1. The van der Waals surface area contributed by atoms with Crippen LogP contribution in [0.1, 0.15) is 20.9 Å². The molecule has 0 atom stereocenters. The van der Waals surface area contributed by atoms with Crippen molar-refractivity contribution < 1.29 is 9.90 Å². The van der Waals surface area contributed by atoms with Crippen molar-refractivity contribution in [1.29, 1.82) is 0 Å². The summed E-state index contributed by atoms with van der Waals surface area (Å²) in [7, 11) is 2.05. The number of halogens is 2. The topological polar surface area (TPSA) is 90.4 Å². The lowest BCUT2D eigenvalue weighted by atomic mass is 10.1. The molecular formula is C19H17Cl2N5O2S. The van der Waals surface area contributed by atoms with E-state index in [-0.39, 0.29) is 22.0 Å². The molecule has 0 saturated carbocycles. The highest BCUT2D eigenvalue weighted by atomic mass is 35.5. The Morgan fingerprint density at radius 1 is 1.28 bits per heavy atom. The maximum absolute atomic E-state index is 12.8. The fourth-order valence-electron chi connectivity index (χ4n) is 3.03. The molecular weight excluding hydrogens is 433 g/mol. The molecule has 150 valence electrons. The van der Waals surface area contributed by atoms with Crippen molar-refractivity contribution in [2.75, 3.05) is 24.2 Å². The van der Waals surface area contributed by atoms with E-state index in [0.29, 0.717) is 16.0 Å². The van der Waals surface area contributed by atoms with Gasteiger partial charge in [-0.3, -0.25) is 4.79 Å². The second-order valence-corrected chi connectivity index (χ2v) is 8.62. The maximum atomic E-state index is 12.8. The quantitative estimate of drug-likeness (QED) is 0.506. The molecule has 0 unspecified atom stereocenters. The molecule has 1 amide bonds. The number of aromatic hydroxyl groups is 1. The summed E-state index contributed by atoms with van der Waals surface area (Å²) < 4.78 is 0. The van der Waals surface area contributed by atoms with Crippen molar-refractivity contribution in [1.82, 2.24) is 14.9 Å². The average molecular weight is 450 g/mol. The smallest absolute Gasteiger partial charge is 0.259 e. The Labute approximate surface area is 181 Å². The highest BCUT2D eigenvalue weighted by molar-refractivity contribution is 7.15. The van der Waals surface area contributed by atoms with Gasteiger partial charge in [0.15, 0.2) is 5.13 Å². The summed E-state index contributed by atoms with van der Waals surface area (Å²) in [5, 5.41) is 17.5. The minimum atomic E-state index is -0.471. The first-order valence-electron chi connectivity index (χ1n) is 8.78. The molecule has 3 N–H and O–H groups in total. The number of phenolic OH excluding ortho intramolecular Hbond substituents is 1. The second-order valence-electron chi connectivity index (χ2n) is 6.66. The van der Waals surface area contributed by atoms with Crippen LogP contribution < -0.4 is 10.6 Å². The van der Waals surface area contributed by atoms with E-state index in [1.807, 2.05) is 7.05 Å². The maximum Gasteiger partial charge on any atom is 0.259 e. The largest absolute Gasteiger partial charge is 0.506 e. The van der Waals surface area contributed by atoms with E-state index in [1.165, 1.54) is 34.5 Å². The van der Waals surface area contributed by atoms with E-state index >= 15 is 0 Å². The molecule has 1 aliphatic heterocycles. The minimum absolute atomic E-state index is 0.142. The number of nitrogens with one attached hydrogen (secondary N) is 2. The molecule has 2 aromatic heterocycles. The van der Waals surface area contributed by atoms with Crippen LogP contribution in [0.25, 0.3) is 0 Å². The molecule has 29 heavy (non-hydrogen) atoms. The van der Waals surface area contributed by atoms with Gasteiger partial charge < -0.3 is 20.6 Å². The Bertz CT molecular complexity index is 1070. The summed E-state index contributed by atoms with van der Waals surface area (Å²) in [5.41, 5.74) is 1.42. The molecule has 3 aromatic rings. The molecule has 1 aliphatic rings. The van der Waals surface area contributed by atoms with Gasteiger partial charge in [-0.2, -0.15) is 0 Å². The van der Waals surface area contributed by atoms with Crippen LogP contribution in [-0.4, -0.2) is 39.5 Å². The van der Waals surface area contributed by atoms with Gasteiger partial charge in [0.2, 0.25) is 0 Å². The van der Waals surface area contributed by atoms with E-state index in [2.05, 4.69) is 25.5 Å². The van der Waals surface area contributed by atoms with Crippen molar-refractivity contribution in [3.63, 3.8) is 0 Å². The van der Waals surface area contributed by atoms with Gasteiger partial charge in [0.05, 0.1) is 22.0 Å². The number of likely N-dealkylation sites (N-methyl/N-ethyl adjacent to an activating group) is 1. The third kappa shape index (κ3) is 4.45. The SMILES string of the molecule is CN1CCc2sc(Nc3c(O)cc(Cl)cc3C(=O)Nc3ccc(Cl)cn3)nc2C1. The number of benzene rings is 1. The molecule has 0 bridgehead atoms. The summed E-state index contributed by atoms with van der Waals surface area (Å²) in [6.07, 6.45) is 2.36. The van der Waals surface area contributed by atoms with E-state index in [9.17, 15) is 9.90 Å². The van der Waals surface area contributed by atoms with Gasteiger partial charge in [0.1, 0.15) is 11.6 Å². The van der Waals surface area contributed by atoms with Gasteiger partial charge in [-0.1, -0.05) is 23.2 Å². The Hall–Kier alpha value is -2.39. The number of carbonyl (C=O) groups is 1. The van der Waals surface area contributed by atoms with E-state index in [1.54, 1.807) is 12.1 Å². The van der Waals surface area contributed by atoms with Gasteiger partial charge >= 0.3 is 0 Å². The minimum Gasteiger partial charge on any atom is -0.506 e. The summed E-state index contributed by atoms with van der Waals surface area (Å²) in [5.74, 6) is -0.282. The van der Waals surface area contributed by atoms with Crippen molar-refractivity contribution >= 4 is 57.1 Å². The van der Waals surface area contributed by atoms with Gasteiger partial charge in [0, 0.05) is 35.3 Å². The Kier molecular flexibility index (Phi) is 5.60. The van der Waals surface area contributed by atoms with Gasteiger partial charge in [-0.05, 0) is 31.7 Å². The first-order valence-corrected chi connectivity index (χ1v) is 10.4. The Morgan fingerprint density at radius 2 is 2.10 bits per heavy atom. The number of thiazole rings is 1. The number of pyridine rings is 1. The molecule has 0 spiro atoms. The highest BCUT2D eigenvalue weighted by Crippen LogP contribution is 2.37. The van der Waals surface area contributed by atoms with E-state index in [0.717, 1.165) is 25.2 Å². The van der Waals surface area contributed by atoms with Crippen LogP contribution in [0.15, 0.2) is 30.5 Å². The fraction of sp³-hybridized carbons (Fsp3) is 0.211. The molecule has 3 heterocycles. The molecule has 7 nitrogen and oxygen atoms in total. The van der Waals surface area contributed by atoms with E-state index in [4.69, 9.17) is 23.2 Å². The van der Waals surface area contributed by atoms with Crippen molar-refractivity contribution in [2.24, 2.45) is 0 Å². The lowest BCUT2D eigenvalue weighted by molar-refractivity contribution is 0.102. The van der Waals surface area contributed by atoms with Crippen LogP contribution in [-0.2, 0) is 13.0 Å². The van der Waals surface area contributed by atoms with Crippen LogP contribution in [0, 0.1) is 0 Å². The van der Waals surface area contributed by atoms with Crippen LogP contribution in [0.4, 0.5) is 16.6 Å². The zero-order valence-corrected chi connectivity index (χ0v) is 17.7. The van der Waals surface area contributed by atoms with Crippen LogP contribution in [0.5, 0.6) is 5.75 Å². The fourth-order valence-corrected chi connectivity index (χ4v) is 4.31. The average Bonchev–Trinajstić information content (AvgIpc) is 3.07. The standard InChI is InChI=1S/C19H17Cl2N5O2S/c1-26-5-4-15-13(9-26)23-19(29-15)25-17-12(6-11(21)7-14(17)27)18(28)24-16-3-2-10(20)8-22-16/h2-3,6-8,27H,4-5,9H2,1H3,(H,23,25)(H,22,24,28). The van der Waals surface area contributed by atoms with Crippen LogP contribution >= 0.6 is 34.5 Å². The number of amides is 1. The van der Waals surface area contributed by atoms with Crippen LogP contribution in [0.3, 0.4) is 0 Å². The lowest BCUT2D eigenvalue weighted by Crippen LogP contribution is -2.25. The number of aromatic nitrogens is 2. The molecule has 10 heteroatoms. The van der Waals surface area contributed by atoms with E-state index < -0.39 is 5.91 Å². The molecule has 0 aliphatic carbocycles. The summed E-state index contributed by atoms with van der Waals surface area (Å²) in [6, 6.07) is 6.07. The number of hydrogen-bond acceptors (Lipinski definition) is 7. The van der Waals surface area contributed by atoms with Crippen molar-refractivity contribution in [3.8, 4) is 5.75 Å². The number of phenols is 1. The first-order chi connectivity index (χ1) is 13.9. The Balaban J connectivity index is 1.63.